The lowest BCUT2D eigenvalue weighted by Crippen LogP contribution is -1.91. The smallest absolute Gasteiger partial charge is 0.328 e. The lowest BCUT2D eigenvalue weighted by Gasteiger charge is -1.89. The van der Waals surface area contributed by atoms with Crippen molar-refractivity contribution in [3.8, 4) is 0 Å². The molecule has 0 aliphatic heterocycles. The molecule has 0 saturated carbocycles. The first-order chi connectivity index (χ1) is 9.20. The predicted octanol–water partition coefficient (Wildman–Crippen LogP) is 1.26. The SMILES string of the molecule is O=C(O)C=CC(=O)O.O=S(=O)(O)C=Cc1ccccc1. The van der Waals surface area contributed by atoms with Crippen molar-refractivity contribution in [2.75, 3.05) is 0 Å². The van der Waals surface area contributed by atoms with E-state index < -0.39 is 22.1 Å². The zero-order valence-corrected chi connectivity index (χ0v) is 10.9. The maximum atomic E-state index is 10.3. The second-order valence-electron chi connectivity index (χ2n) is 3.24. The van der Waals surface area contributed by atoms with E-state index in [1.54, 1.807) is 24.3 Å². The maximum Gasteiger partial charge on any atom is 0.328 e. The Hall–Kier alpha value is -2.45. The van der Waals surface area contributed by atoms with E-state index in [0.717, 1.165) is 11.0 Å². The Labute approximate surface area is 115 Å². The first-order valence-electron chi connectivity index (χ1n) is 5.05. The monoisotopic (exact) mass is 300 g/mol. The molecule has 0 atom stereocenters. The van der Waals surface area contributed by atoms with Crippen molar-refractivity contribution >= 4 is 28.1 Å². The van der Waals surface area contributed by atoms with Gasteiger partial charge < -0.3 is 10.2 Å². The number of carboxylic acids is 2. The molecule has 0 radical (unpaired) electrons. The molecule has 0 bridgehead atoms. The van der Waals surface area contributed by atoms with Gasteiger partial charge >= 0.3 is 11.9 Å². The Bertz CT molecular complexity index is 584. The van der Waals surface area contributed by atoms with Crippen LogP contribution in [0.1, 0.15) is 5.56 Å². The topological polar surface area (TPSA) is 129 Å². The molecule has 8 heteroatoms. The highest BCUT2D eigenvalue weighted by Gasteiger charge is 1.94. The van der Waals surface area contributed by atoms with Crippen molar-refractivity contribution in [3.05, 3.63) is 53.5 Å². The first-order valence-corrected chi connectivity index (χ1v) is 6.55. The van der Waals surface area contributed by atoms with Crippen molar-refractivity contribution in [2.45, 2.75) is 0 Å². The molecule has 0 spiro atoms. The molecule has 20 heavy (non-hydrogen) atoms. The number of carboxylic acid groups (broad SMARTS) is 2. The molecule has 7 nitrogen and oxygen atoms in total. The minimum Gasteiger partial charge on any atom is -0.478 e. The van der Waals surface area contributed by atoms with Crippen LogP contribution in [0, 0.1) is 0 Å². The van der Waals surface area contributed by atoms with Gasteiger partial charge in [-0.3, -0.25) is 4.55 Å². The van der Waals surface area contributed by atoms with Gasteiger partial charge in [0.05, 0.1) is 5.41 Å². The summed E-state index contributed by atoms with van der Waals surface area (Å²) in [5.74, 6) is -2.51. The molecule has 1 rings (SSSR count). The molecular weight excluding hydrogens is 288 g/mol. The van der Waals surface area contributed by atoms with Gasteiger partial charge in [-0.25, -0.2) is 9.59 Å². The summed E-state index contributed by atoms with van der Waals surface area (Å²) in [6.07, 6.45) is 2.44. The average Bonchev–Trinajstić information content (AvgIpc) is 2.35. The summed E-state index contributed by atoms with van der Waals surface area (Å²) in [6, 6.07) is 8.86. The Morgan fingerprint density at radius 3 is 1.75 bits per heavy atom. The Morgan fingerprint density at radius 1 is 0.950 bits per heavy atom. The highest BCUT2D eigenvalue weighted by atomic mass is 32.2. The van der Waals surface area contributed by atoms with Crippen LogP contribution in [0.4, 0.5) is 0 Å². The highest BCUT2D eigenvalue weighted by Crippen LogP contribution is 2.01. The molecule has 1 aromatic rings. The van der Waals surface area contributed by atoms with Gasteiger partial charge in [0, 0.05) is 12.2 Å². The number of hydrogen-bond donors (Lipinski definition) is 3. The molecule has 108 valence electrons. The molecule has 0 amide bonds. The van der Waals surface area contributed by atoms with Crippen molar-refractivity contribution in [3.63, 3.8) is 0 Å². The zero-order valence-electron chi connectivity index (χ0n) is 10.1. The molecule has 0 unspecified atom stereocenters. The van der Waals surface area contributed by atoms with E-state index in [2.05, 4.69) is 0 Å². The quantitative estimate of drug-likeness (QED) is 0.563. The summed E-state index contributed by atoms with van der Waals surface area (Å²) in [4.78, 5) is 19.1. The van der Waals surface area contributed by atoms with Crippen molar-refractivity contribution in [1.82, 2.24) is 0 Å². The Morgan fingerprint density at radius 2 is 1.40 bits per heavy atom. The maximum absolute atomic E-state index is 10.3. The lowest BCUT2D eigenvalue weighted by atomic mass is 10.2. The van der Waals surface area contributed by atoms with Crippen molar-refractivity contribution in [2.24, 2.45) is 0 Å². The molecule has 0 aromatic heterocycles. The van der Waals surface area contributed by atoms with Gasteiger partial charge in [0.1, 0.15) is 0 Å². The summed E-state index contributed by atoms with van der Waals surface area (Å²) < 4.78 is 28.9. The molecule has 0 aliphatic carbocycles. The fraction of sp³-hybridized carbons (Fsp3) is 0. The number of aliphatic carboxylic acids is 2. The molecule has 0 heterocycles. The number of rotatable bonds is 4. The lowest BCUT2D eigenvalue weighted by molar-refractivity contribution is -0.134. The largest absolute Gasteiger partial charge is 0.478 e. The van der Waals surface area contributed by atoms with Crippen molar-refractivity contribution in [1.29, 1.82) is 0 Å². The van der Waals surface area contributed by atoms with Gasteiger partial charge in [-0.2, -0.15) is 8.42 Å². The second-order valence-corrected chi connectivity index (χ2v) is 4.54. The van der Waals surface area contributed by atoms with E-state index in [1.165, 1.54) is 6.08 Å². The standard InChI is InChI=1S/C8H8O3S.C4H4O4/c9-12(10,11)7-6-8-4-2-1-3-5-8;5-3(6)1-2-4(7)8/h1-7H,(H,9,10,11);1-2H,(H,5,6)(H,7,8). The van der Waals surface area contributed by atoms with Gasteiger partial charge in [0.25, 0.3) is 10.1 Å². The highest BCUT2D eigenvalue weighted by molar-refractivity contribution is 7.88. The van der Waals surface area contributed by atoms with E-state index in [1.807, 2.05) is 6.07 Å². The molecular formula is C12H12O7S. The minimum atomic E-state index is -4.00. The summed E-state index contributed by atoms with van der Waals surface area (Å²) in [5.41, 5.74) is 0.732. The van der Waals surface area contributed by atoms with Gasteiger partial charge in [-0.05, 0) is 11.6 Å². The van der Waals surface area contributed by atoms with Crippen LogP contribution < -0.4 is 0 Å². The normalized spacial score (nSPS) is 11.1. The number of benzene rings is 1. The summed E-state index contributed by atoms with van der Waals surface area (Å²) in [5, 5.41) is 16.4. The van der Waals surface area contributed by atoms with Crippen molar-refractivity contribution < 1.29 is 32.8 Å². The van der Waals surface area contributed by atoms with Crippen LogP contribution in [0.15, 0.2) is 47.9 Å². The minimum absolute atomic E-state index is 0.558. The van der Waals surface area contributed by atoms with Crippen LogP contribution >= 0.6 is 0 Å². The third-order valence-corrected chi connectivity index (χ3v) is 2.08. The van der Waals surface area contributed by atoms with Gasteiger partial charge in [0.2, 0.25) is 0 Å². The number of carbonyl (C=O) groups is 2. The Balaban J connectivity index is 0.000000396. The van der Waals surface area contributed by atoms with E-state index >= 15 is 0 Å². The molecule has 1 aromatic carbocycles. The predicted molar refractivity (Wildman–Crippen MR) is 71.4 cm³/mol. The van der Waals surface area contributed by atoms with Crippen LogP contribution in [0.3, 0.4) is 0 Å². The summed E-state index contributed by atoms with van der Waals surface area (Å²) in [6.45, 7) is 0. The van der Waals surface area contributed by atoms with Crippen LogP contribution in [-0.4, -0.2) is 35.1 Å². The van der Waals surface area contributed by atoms with Gasteiger partial charge in [0.15, 0.2) is 0 Å². The Kier molecular flexibility index (Phi) is 7.56. The second kappa shape index (κ2) is 8.62. The van der Waals surface area contributed by atoms with E-state index in [4.69, 9.17) is 14.8 Å². The van der Waals surface area contributed by atoms with Crippen LogP contribution in [0.5, 0.6) is 0 Å². The number of hydrogen-bond acceptors (Lipinski definition) is 4. The summed E-state index contributed by atoms with van der Waals surface area (Å²) >= 11 is 0. The summed E-state index contributed by atoms with van der Waals surface area (Å²) in [7, 11) is -4.00. The van der Waals surface area contributed by atoms with Crippen LogP contribution in [0.25, 0.3) is 6.08 Å². The third-order valence-electron chi connectivity index (χ3n) is 1.60. The van der Waals surface area contributed by atoms with E-state index in [0.29, 0.717) is 12.2 Å². The molecule has 0 aliphatic rings. The molecule has 0 fully saturated rings. The zero-order chi connectivity index (χ0) is 15.6. The fourth-order valence-corrected chi connectivity index (χ4v) is 1.20. The van der Waals surface area contributed by atoms with E-state index in [9.17, 15) is 18.0 Å². The first kappa shape index (κ1) is 17.6. The van der Waals surface area contributed by atoms with Gasteiger partial charge in [-0.1, -0.05) is 30.3 Å². The van der Waals surface area contributed by atoms with E-state index in [-0.39, 0.29) is 0 Å². The van der Waals surface area contributed by atoms with Crippen LogP contribution in [0.2, 0.25) is 0 Å². The molecule has 0 saturated heterocycles. The average molecular weight is 300 g/mol. The van der Waals surface area contributed by atoms with Crippen LogP contribution in [-0.2, 0) is 19.7 Å². The fourth-order valence-electron chi connectivity index (χ4n) is 0.871. The molecule has 3 N–H and O–H groups in total. The third kappa shape index (κ3) is 12.0. The van der Waals surface area contributed by atoms with Gasteiger partial charge in [-0.15, -0.1) is 0 Å².